The number of aliphatic carboxylic acids is 1. The van der Waals surface area contributed by atoms with Gasteiger partial charge in [-0.05, 0) is 26.3 Å². The highest BCUT2D eigenvalue weighted by Crippen LogP contribution is 2.24. The number of nitrogens with two attached hydrogens (primary N) is 1. The van der Waals surface area contributed by atoms with Gasteiger partial charge in [-0.2, -0.15) is 0 Å². The van der Waals surface area contributed by atoms with Crippen LogP contribution in [0.15, 0.2) is 12.7 Å². The Bertz CT molecular complexity index is 330. The van der Waals surface area contributed by atoms with Crippen molar-refractivity contribution in [3.05, 3.63) is 17.9 Å². The van der Waals surface area contributed by atoms with Gasteiger partial charge in [0.1, 0.15) is 0 Å². The monoisotopic (exact) mass is 385 g/mol. The lowest BCUT2D eigenvalue weighted by Gasteiger charge is -2.18. The van der Waals surface area contributed by atoms with Gasteiger partial charge in [-0.15, -0.1) is 0 Å². The van der Waals surface area contributed by atoms with Crippen molar-refractivity contribution in [1.82, 2.24) is 0 Å². The van der Waals surface area contributed by atoms with Gasteiger partial charge in [0.2, 0.25) is 0 Å². The molecule has 0 atom stereocenters. The molecule has 0 aromatic rings. The molecule has 4 heteroatoms. The van der Waals surface area contributed by atoms with E-state index >= 15 is 0 Å². The second-order valence-corrected chi connectivity index (χ2v) is 8.23. The van der Waals surface area contributed by atoms with E-state index in [1.807, 2.05) is 13.8 Å². The average molecular weight is 386 g/mol. The van der Waals surface area contributed by atoms with Gasteiger partial charge in [-0.1, -0.05) is 103 Å². The van der Waals surface area contributed by atoms with Gasteiger partial charge in [0.15, 0.2) is 0 Å². The minimum absolute atomic E-state index is 0.472. The first-order chi connectivity index (χ1) is 12.9. The number of hydrogen-bond acceptors (Lipinski definition) is 2. The van der Waals surface area contributed by atoms with E-state index in [1.165, 1.54) is 83.5 Å². The molecule has 0 heterocycles. The van der Waals surface area contributed by atoms with Crippen LogP contribution >= 0.6 is 0 Å². The van der Waals surface area contributed by atoms with Gasteiger partial charge in [0.25, 0.3) is 0 Å². The molecular weight excluding hydrogens is 338 g/mol. The standard InChI is InChI=1S/C20H40O2.C3H7NO/c1-4-5-6-7-8-9-10-11-12-13-14-15-16-17-18-20(2,3)19(21)22;1-2-3-4-5/h4-18H2,1-3H3,(H,21,22);2H,1,3-4H2. The second kappa shape index (κ2) is 21.4. The van der Waals surface area contributed by atoms with Gasteiger partial charge in [0.05, 0.1) is 12.0 Å². The van der Waals surface area contributed by atoms with Crippen LogP contribution in [0.25, 0.3) is 0 Å². The molecule has 0 aromatic heterocycles. The molecule has 0 unspecified atom stereocenters. The number of hydroxylamine groups is 1. The molecule has 0 fully saturated rings. The van der Waals surface area contributed by atoms with Gasteiger partial charge < -0.3 is 15.8 Å². The predicted molar refractivity (Wildman–Crippen MR) is 117 cm³/mol. The van der Waals surface area contributed by atoms with E-state index in [0.29, 0.717) is 6.54 Å². The first-order valence-corrected chi connectivity index (χ1v) is 11.2. The number of hydrogen-bond donors (Lipinski definition) is 2. The maximum absolute atomic E-state index is 11.0. The largest absolute Gasteiger partial charge is 0.636 e. The molecule has 0 aliphatic carbocycles. The Balaban J connectivity index is 0. The fraction of sp³-hybridized carbons (Fsp3) is 0.870. The van der Waals surface area contributed by atoms with E-state index in [9.17, 15) is 10.0 Å². The topological polar surface area (TPSA) is 77.0 Å². The minimum atomic E-state index is -0.665. The first-order valence-electron chi connectivity index (χ1n) is 11.2. The Morgan fingerprint density at radius 1 is 0.889 bits per heavy atom. The third-order valence-corrected chi connectivity index (χ3v) is 5.00. The summed E-state index contributed by atoms with van der Waals surface area (Å²) in [6, 6.07) is 0. The minimum Gasteiger partial charge on any atom is -0.636 e. The maximum Gasteiger partial charge on any atom is 0.309 e. The van der Waals surface area contributed by atoms with Crippen LogP contribution < -0.4 is 5.48 Å². The summed E-state index contributed by atoms with van der Waals surface area (Å²) in [5.74, 6) is -0.665. The fourth-order valence-electron chi connectivity index (χ4n) is 2.94. The summed E-state index contributed by atoms with van der Waals surface area (Å²) in [4.78, 5) is 11.0. The molecule has 27 heavy (non-hydrogen) atoms. The van der Waals surface area contributed by atoms with E-state index in [0.717, 1.165) is 18.3 Å². The molecule has 0 bridgehead atoms. The van der Waals surface area contributed by atoms with Crippen LogP contribution in [0.2, 0.25) is 0 Å². The highest BCUT2D eigenvalue weighted by Gasteiger charge is 2.25. The maximum atomic E-state index is 11.0. The van der Waals surface area contributed by atoms with Crippen molar-refractivity contribution in [1.29, 1.82) is 0 Å². The Morgan fingerprint density at radius 2 is 1.26 bits per heavy atom. The number of carbonyl (C=O) groups is 1. The zero-order chi connectivity index (χ0) is 20.8. The Labute approximate surface area is 168 Å². The van der Waals surface area contributed by atoms with E-state index in [-0.39, 0.29) is 0 Å². The molecule has 0 aliphatic heterocycles. The predicted octanol–water partition coefficient (Wildman–Crippen LogP) is 6.20. The van der Waals surface area contributed by atoms with E-state index in [1.54, 1.807) is 6.08 Å². The normalized spacial score (nSPS) is 11.0. The average Bonchev–Trinajstić information content (AvgIpc) is 2.63. The molecule has 0 amide bonds. The lowest BCUT2D eigenvalue weighted by molar-refractivity contribution is -0.578. The van der Waals surface area contributed by atoms with Gasteiger partial charge in [-0.3, -0.25) is 4.79 Å². The van der Waals surface area contributed by atoms with E-state index in [4.69, 9.17) is 5.11 Å². The molecule has 4 nitrogen and oxygen atoms in total. The van der Waals surface area contributed by atoms with Gasteiger partial charge in [-0.25, -0.2) is 0 Å². The molecule has 3 N–H and O–H groups in total. The van der Waals surface area contributed by atoms with Crippen LogP contribution in [-0.2, 0) is 4.79 Å². The molecule has 0 saturated heterocycles. The summed E-state index contributed by atoms with van der Waals surface area (Å²) < 4.78 is 0. The Hall–Kier alpha value is -0.870. The smallest absolute Gasteiger partial charge is 0.309 e. The quantitative estimate of drug-likeness (QED) is 0.167. The van der Waals surface area contributed by atoms with Gasteiger partial charge in [0, 0.05) is 0 Å². The van der Waals surface area contributed by atoms with Crippen molar-refractivity contribution >= 4 is 5.97 Å². The highest BCUT2D eigenvalue weighted by molar-refractivity contribution is 5.73. The third kappa shape index (κ3) is 23.1. The van der Waals surface area contributed by atoms with Crippen LogP contribution in [0.1, 0.15) is 117 Å². The summed E-state index contributed by atoms with van der Waals surface area (Å²) in [6.07, 6.45) is 21.2. The fourth-order valence-corrected chi connectivity index (χ4v) is 2.94. The zero-order valence-corrected chi connectivity index (χ0v) is 18.4. The lowest BCUT2D eigenvalue weighted by Crippen LogP contribution is -2.76. The highest BCUT2D eigenvalue weighted by atomic mass is 16.5. The number of quaternary nitrogens is 1. The molecule has 162 valence electrons. The molecule has 0 rings (SSSR count). The number of unbranched alkanes of at least 4 members (excludes halogenated alkanes) is 13. The Morgan fingerprint density at radius 3 is 1.52 bits per heavy atom. The van der Waals surface area contributed by atoms with Crippen LogP contribution in [-0.4, -0.2) is 17.6 Å². The van der Waals surface area contributed by atoms with Crippen molar-refractivity contribution in [2.75, 3.05) is 6.54 Å². The molecule has 0 aliphatic rings. The lowest BCUT2D eigenvalue weighted by atomic mass is 9.87. The molecule has 0 saturated carbocycles. The summed E-state index contributed by atoms with van der Waals surface area (Å²) in [5, 5.41) is 18.4. The summed E-state index contributed by atoms with van der Waals surface area (Å²) >= 11 is 0. The van der Waals surface area contributed by atoms with Crippen molar-refractivity contribution in [3.8, 4) is 0 Å². The van der Waals surface area contributed by atoms with Crippen molar-refractivity contribution in [2.45, 2.75) is 117 Å². The SMILES string of the molecule is C=CC[NH2+][O-].CCCCCCCCCCCCCCCCC(C)(C)C(=O)O. The summed E-state index contributed by atoms with van der Waals surface area (Å²) in [6.45, 7) is 9.72. The number of rotatable bonds is 18. The van der Waals surface area contributed by atoms with Crippen LogP contribution in [0, 0.1) is 10.6 Å². The van der Waals surface area contributed by atoms with Crippen LogP contribution in [0.4, 0.5) is 0 Å². The van der Waals surface area contributed by atoms with Crippen molar-refractivity contribution < 1.29 is 15.4 Å². The van der Waals surface area contributed by atoms with Crippen molar-refractivity contribution in [3.63, 3.8) is 0 Å². The van der Waals surface area contributed by atoms with E-state index < -0.39 is 11.4 Å². The Kier molecular flexibility index (Phi) is 22.5. The summed E-state index contributed by atoms with van der Waals surface area (Å²) in [5.41, 5.74) is 0.268. The summed E-state index contributed by atoms with van der Waals surface area (Å²) in [7, 11) is 0. The van der Waals surface area contributed by atoms with Gasteiger partial charge >= 0.3 is 5.97 Å². The molecule has 0 aromatic carbocycles. The zero-order valence-electron chi connectivity index (χ0n) is 18.4. The van der Waals surface area contributed by atoms with Crippen LogP contribution in [0.3, 0.4) is 0 Å². The van der Waals surface area contributed by atoms with Crippen LogP contribution in [0.5, 0.6) is 0 Å². The van der Waals surface area contributed by atoms with Crippen molar-refractivity contribution in [2.24, 2.45) is 5.41 Å². The molecule has 0 spiro atoms. The third-order valence-electron chi connectivity index (χ3n) is 5.00. The second-order valence-electron chi connectivity index (χ2n) is 8.23. The molecule has 0 radical (unpaired) electrons. The number of carboxylic acids is 1. The molecular formula is C23H47NO3. The van der Waals surface area contributed by atoms with E-state index in [2.05, 4.69) is 13.5 Å². The number of carboxylic acid groups (broad SMARTS) is 1. The first kappa shape index (κ1) is 28.3.